The molecule has 0 saturated heterocycles. The average molecular weight is 304 g/mol. The van der Waals surface area contributed by atoms with E-state index in [9.17, 15) is 4.21 Å². The van der Waals surface area contributed by atoms with Crippen molar-refractivity contribution in [2.24, 2.45) is 0 Å². The van der Waals surface area contributed by atoms with Gasteiger partial charge in [-0.15, -0.1) is 0 Å². The fourth-order valence-corrected chi connectivity index (χ4v) is 2.88. The molecule has 1 unspecified atom stereocenters. The van der Waals surface area contributed by atoms with E-state index in [1.54, 1.807) is 5.41 Å². The van der Waals surface area contributed by atoms with Crippen molar-refractivity contribution >= 4 is 33.4 Å². The van der Waals surface area contributed by atoms with E-state index in [-0.39, 0.29) is 0 Å². The van der Waals surface area contributed by atoms with Gasteiger partial charge in [0.25, 0.3) is 0 Å². The standard InChI is InChI=1S/C10H9IOS/c11-10-3-1-8(2-4-10)9-5-6-13(12)7-9/h1-6,9H,7H2/t9-,13?/m0/s1. The van der Waals surface area contributed by atoms with Crippen LogP contribution in [0.1, 0.15) is 11.5 Å². The van der Waals surface area contributed by atoms with Crippen LogP contribution in [0.3, 0.4) is 0 Å². The Bertz CT molecular complexity index is 356. The van der Waals surface area contributed by atoms with Crippen molar-refractivity contribution in [2.45, 2.75) is 5.92 Å². The van der Waals surface area contributed by atoms with E-state index in [4.69, 9.17) is 0 Å². The molecule has 1 aromatic carbocycles. The zero-order valence-corrected chi connectivity index (χ0v) is 9.92. The highest BCUT2D eigenvalue weighted by Gasteiger charge is 2.16. The summed E-state index contributed by atoms with van der Waals surface area (Å²) in [6.07, 6.45) is 2.04. The Morgan fingerprint density at radius 2 is 2.00 bits per heavy atom. The van der Waals surface area contributed by atoms with Crippen molar-refractivity contribution in [3.63, 3.8) is 0 Å². The Morgan fingerprint density at radius 1 is 1.31 bits per heavy atom. The summed E-state index contributed by atoms with van der Waals surface area (Å²) < 4.78 is 12.4. The van der Waals surface area contributed by atoms with Gasteiger partial charge in [-0.25, -0.2) is 0 Å². The predicted molar refractivity (Wildman–Crippen MR) is 64.0 cm³/mol. The van der Waals surface area contributed by atoms with Crippen LogP contribution in [0.15, 0.2) is 35.7 Å². The van der Waals surface area contributed by atoms with Gasteiger partial charge in [0.1, 0.15) is 0 Å². The first kappa shape index (κ1) is 9.40. The third-order valence-electron chi connectivity index (χ3n) is 2.10. The van der Waals surface area contributed by atoms with Crippen LogP contribution in [0, 0.1) is 3.57 Å². The van der Waals surface area contributed by atoms with Gasteiger partial charge in [0.05, 0.1) is 0 Å². The van der Waals surface area contributed by atoms with Crippen LogP contribution >= 0.6 is 22.6 Å². The largest absolute Gasteiger partial charge is 0.255 e. The maximum Gasteiger partial charge on any atom is 0.0462 e. The molecule has 68 valence electrons. The van der Waals surface area contributed by atoms with Crippen molar-refractivity contribution in [3.05, 3.63) is 44.9 Å². The first-order valence-corrected chi connectivity index (χ1v) is 6.53. The van der Waals surface area contributed by atoms with Crippen LogP contribution in [0.5, 0.6) is 0 Å². The van der Waals surface area contributed by atoms with Crippen LogP contribution in [-0.4, -0.2) is 9.96 Å². The Kier molecular flexibility index (Phi) is 2.83. The van der Waals surface area contributed by atoms with Crippen LogP contribution in [-0.2, 0) is 10.8 Å². The fourth-order valence-electron chi connectivity index (χ4n) is 1.39. The van der Waals surface area contributed by atoms with Gasteiger partial charge < -0.3 is 0 Å². The molecular formula is C10H9IOS. The fraction of sp³-hybridized carbons (Fsp3) is 0.200. The van der Waals surface area contributed by atoms with Crippen molar-refractivity contribution < 1.29 is 4.21 Å². The molecule has 1 aliphatic rings. The van der Waals surface area contributed by atoms with Crippen LogP contribution < -0.4 is 0 Å². The zero-order valence-electron chi connectivity index (χ0n) is 6.94. The smallest absolute Gasteiger partial charge is 0.0462 e. The van der Waals surface area contributed by atoms with E-state index < -0.39 is 10.8 Å². The molecule has 2 rings (SSSR count). The lowest BCUT2D eigenvalue weighted by Crippen LogP contribution is -1.98. The van der Waals surface area contributed by atoms with E-state index >= 15 is 0 Å². The molecule has 0 amide bonds. The molecule has 0 fully saturated rings. The van der Waals surface area contributed by atoms with Crippen LogP contribution in [0.2, 0.25) is 0 Å². The maximum atomic E-state index is 11.1. The highest BCUT2D eigenvalue weighted by Crippen LogP contribution is 2.24. The molecule has 0 saturated carbocycles. The van der Waals surface area contributed by atoms with Gasteiger partial charge in [-0.3, -0.25) is 4.21 Å². The third-order valence-corrected chi connectivity index (χ3v) is 3.97. The van der Waals surface area contributed by atoms with Crippen LogP contribution in [0.4, 0.5) is 0 Å². The minimum absolute atomic E-state index is 0.359. The van der Waals surface area contributed by atoms with Crippen molar-refractivity contribution in [1.29, 1.82) is 0 Å². The SMILES string of the molecule is O=S1C=C[C@H](c2ccc(I)cc2)C1. The van der Waals surface area contributed by atoms with E-state index in [2.05, 4.69) is 46.9 Å². The Hall–Kier alpha value is -0.160. The molecule has 3 heteroatoms. The molecule has 0 N–H and O–H groups in total. The molecule has 0 aromatic heterocycles. The zero-order chi connectivity index (χ0) is 9.26. The quantitative estimate of drug-likeness (QED) is 0.729. The first-order valence-electron chi connectivity index (χ1n) is 4.06. The monoisotopic (exact) mass is 304 g/mol. The highest BCUT2D eigenvalue weighted by molar-refractivity contribution is 14.1. The van der Waals surface area contributed by atoms with Gasteiger partial charge >= 0.3 is 0 Å². The molecule has 0 bridgehead atoms. The van der Waals surface area contributed by atoms with Gasteiger partial charge in [0, 0.05) is 26.0 Å². The van der Waals surface area contributed by atoms with Crippen molar-refractivity contribution in [2.75, 3.05) is 5.75 Å². The van der Waals surface area contributed by atoms with Gasteiger partial charge in [0.2, 0.25) is 0 Å². The first-order chi connectivity index (χ1) is 6.25. The molecule has 13 heavy (non-hydrogen) atoms. The predicted octanol–water partition coefficient (Wildman–Crippen LogP) is 2.65. The molecule has 0 aliphatic carbocycles. The van der Waals surface area contributed by atoms with Gasteiger partial charge in [0.15, 0.2) is 0 Å². The summed E-state index contributed by atoms with van der Waals surface area (Å²) in [5, 5.41) is 1.79. The van der Waals surface area contributed by atoms with Crippen molar-refractivity contribution in [1.82, 2.24) is 0 Å². The lowest BCUT2D eigenvalue weighted by atomic mass is 10.0. The van der Waals surface area contributed by atoms with Gasteiger partial charge in [-0.05, 0) is 45.7 Å². The van der Waals surface area contributed by atoms with E-state index in [0.717, 1.165) is 5.75 Å². The molecule has 0 spiro atoms. The minimum Gasteiger partial charge on any atom is -0.255 e. The summed E-state index contributed by atoms with van der Waals surface area (Å²) in [5.41, 5.74) is 1.27. The van der Waals surface area contributed by atoms with E-state index in [1.807, 2.05) is 6.08 Å². The summed E-state index contributed by atoms with van der Waals surface area (Å²) in [6, 6.07) is 8.40. The second-order valence-corrected chi connectivity index (χ2v) is 5.65. The molecule has 1 nitrogen and oxygen atoms in total. The molecule has 1 heterocycles. The van der Waals surface area contributed by atoms with E-state index in [0.29, 0.717) is 5.92 Å². The molecule has 2 atom stereocenters. The normalized spacial score (nSPS) is 26.5. The number of rotatable bonds is 1. The highest BCUT2D eigenvalue weighted by atomic mass is 127. The summed E-state index contributed by atoms with van der Waals surface area (Å²) in [7, 11) is -0.741. The van der Waals surface area contributed by atoms with Crippen LogP contribution in [0.25, 0.3) is 0 Å². The molecule has 1 aromatic rings. The summed E-state index contributed by atoms with van der Waals surface area (Å²) >= 11 is 2.29. The number of hydrogen-bond acceptors (Lipinski definition) is 1. The number of hydrogen-bond donors (Lipinski definition) is 0. The number of benzene rings is 1. The third kappa shape index (κ3) is 2.20. The topological polar surface area (TPSA) is 17.1 Å². The second-order valence-electron chi connectivity index (χ2n) is 3.03. The maximum absolute atomic E-state index is 11.1. The van der Waals surface area contributed by atoms with Gasteiger partial charge in [-0.1, -0.05) is 18.2 Å². The summed E-state index contributed by atoms with van der Waals surface area (Å²) in [5.74, 6) is 1.11. The minimum atomic E-state index is -0.741. The van der Waals surface area contributed by atoms with Gasteiger partial charge in [-0.2, -0.15) is 0 Å². The molecule has 0 radical (unpaired) electrons. The Morgan fingerprint density at radius 3 is 2.54 bits per heavy atom. The number of allylic oxidation sites excluding steroid dienone is 1. The number of halogens is 1. The Labute approximate surface area is 93.8 Å². The molecule has 1 aliphatic heterocycles. The molecular weight excluding hydrogens is 295 g/mol. The second kappa shape index (κ2) is 3.92. The summed E-state index contributed by atoms with van der Waals surface area (Å²) in [4.78, 5) is 0. The average Bonchev–Trinajstić information content (AvgIpc) is 2.53. The Balaban J connectivity index is 2.22. The summed E-state index contributed by atoms with van der Waals surface area (Å²) in [6.45, 7) is 0. The lowest BCUT2D eigenvalue weighted by molar-refractivity contribution is 0.688. The van der Waals surface area contributed by atoms with E-state index in [1.165, 1.54) is 9.13 Å². The lowest BCUT2D eigenvalue weighted by Gasteiger charge is -2.06. The van der Waals surface area contributed by atoms with Crippen molar-refractivity contribution in [3.8, 4) is 0 Å².